The Balaban J connectivity index is 1.58. The zero-order valence-electron chi connectivity index (χ0n) is 15.7. The summed E-state index contributed by atoms with van der Waals surface area (Å²) in [4.78, 5) is 5.01. The molecule has 1 aliphatic heterocycles. The minimum Gasteiger partial charge on any atom is -0.494 e. The Hall–Kier alpha value is -1.88. The summed E-state index contributed by atoms with van der Waals surface area (Å²) in [5.74, 6) is 0.932. The Morgan fingerprint density at radius 1 is 0.962 bits per heavy atom. The number of hydrogen-bond acceptors (Lipinski definition) is 4. The highest BCUT2D eigenvalue weighted by molar-refractivity contribution is 5.27. The lowest BCUT2D eigenvalue weighted by molar-refractivity contribution is 0.0500. The van der Waals surface area contributed by atoms with Crippen LogP contribution in [-0.4, -0.2) is 53.8 Å². The SMILES string of the molecule is CCOc1ccc(CN2CCN(Cc3ccccc3)C(CCO)C2)cc1. The third kappa shape index (κ3) is 5.31. The molecule has 26 heavy (non-hydrogen) atoms. The minimum atomic E-state index is 0.243. The van der Waals surface area contributed by atoms with E-state index in [0.29, 0.717) is 12.6 Å². The van der Waals surface area contributed by atoms with Crippen LogP contribution in [-0.2, 0) is 13.1 Å². The molecule has 3 rings (SSSR count). The lowest BCUT2D eigenvalue weighted by Crippen LogP contribution is -2.52. The van der Waals surface area contributed by atoms with E-state index in [0.717, 1.165) is 44.9 Å². The van der Waals surface area contributed by atoms with Gasteiger partial charge in [-0.05, 0) is 36.6 Å². The van der Waals surface area contributed by atoms with Crippen molar-refractivity contribution in [3.8, 4) is 5.75 Å². The molecule has 4 heteroatoms. The zero-order chi connectivity index (χ0) is 18.2. The highest BCUT2D eigenvalue weighted by Crippen LogP contribution is 2.19. The van der Waals surface area contributed by atoms with Crippen molar-refractivity contribution >= 4 is 0 Å². The van der Waals surface area contributed by atoms with Gasteiger partial charge in [-0.3, -0.25) is 9.80 Å². The molecule has 1 heterocycles. The van der Waals surface area contributed by atoms with Gasteiger partial charge in [-0.2, -0.15) is 0 Å². The quantitative estimate of drug-likeness (QED) is 0.790. The topological polar surface area (TPSA) is 35.9 Å². The molecule has 0 spiro atoms. The van der Waals surface area contributed by atoms with Crippen LogP contribution in [0.2, 0.25) is 0 Å². The van der Waals surface area contributed by atoms with E-state index in [1.165, 1.54) is 11.1 Å². The minimum absolute atomic E-state index is 0.243. The maximum atomic E-state index is 9.50. The first-order valence-corrected chi connectivity index (χ1v) is 9.61. The number of hydrogen-bond donors (Lipinski definition) is 1. The third-order valence-corrected chi connectivity index (χ3v) is 5.02. The molecule has 4 nitrogen and oxygen atoms in total. The smallest absolute Gasteiger partial charge is 0.119 e. The van der Waals surface area contributed by atoms with Gasteiger partial charge in [0, 0.05) is 45.4 Å². The molecule has 1 N–H and O–H groups in total. The third-order valence-electron chi connectivity index (χ3n) is 5.02. The maximum Gasteiger partial charge on any atom is 0.119 e. The molecule has 1 fully saturated rings. The van der Waals surface area contributed by atoms with Crippen LogP contribution < -0.4 is 4.74 Å². The van der Waals surface area contributed by atoms with Gasteiger partial charge in [0.25, 0.3) is 0 Å². The molecule has 0 bridgehead atoms. The van der Waals surface area contributed by atoms with E-state index in [9.17, 15) is 5.11 Å². The summed E-state index contributed by atoms with van der Waals surface area (Å²) in [6, 6.07) is 19.4. The monoisotopic (exact) mass is 354 g/mol. The fourth-order valence-electron chi connectivity index (χ4n) is 3.67. The number of nitrogens with zero attached hydrogens (tertiary/aromatic N) is 2. The molecule has 140 valence electrons. The summed E-state index contributed by atoms with van der Waals surface area (Å²) in [7, 11) is 0. The first-order valence-electron chi connectivity index (χ1n) is 9.61. The molecule has 2 aromatic rings. The van der Waals surface area contributed by atoms with Crippen molar-refractivity contribution in [2.45, 2.75) is 32.5 Å². The van der Waals surface area contributed by atoms with Crippen LogP contribution in [0.4, 0.5) is 0 Å². The summed E-state index contributed by atoms with van der Waals surface area (Å²) in [6.45, 7) is 7.96. The molecule has 1 atom stereocenters. The number of rotatable bonds is 8. The predicted molar refractivity (Wildman–Crippen MR) is 105 cm³/mol. The first-order chi connectivity index (χ1) is 12.8. The highest BCUT2D eigenvalue weighted by atomic mass is 16.5. The second-order valence-corrected chi connectivity index (χ2v) is 6.93. The van der Waals surface area contributed by atoms with Crippen molar-refractivity contribution in [3.63, 3.8) is 0 Å². The Bertz CT molecular complexity index is 645. The van der Waals surface area contributed by atoms with Gasteiger partial charge in [0.15, 0.2) is 0 Å². The molecule has 0 radical (unpaired) electrons. The van der Waals surface area contributed by atoms with Crippen LogP contribution in [0.25, 0.3) is 0 Å². The lowest BCUT2D eigenvalue weighted by Gasteiger charge is -2.41. The van der Waals surface area contributed by atoms with E-state index in [1.807, 2.05) is 6.92 Å². The first kappa shape index (κ1) is 18.9. The van der Waals surface area contributed by atoms with Gasteiger partial charge in [0.1, 0.15) is 5.75 Å². The molecule has 0 amide bonds. The van der Waals surface area contributed by atoms with Crippen molar-refractivity contribution in [1.29, 1.82) is 0 Å². The van der Waals surface area contributed by atoms with E-state index in [4.69, 9.17) is 4.74 Å². The largest absolute Gasteiger partial charge is 0.494 e. The summed E-state index contributed by atoms with van der Waals surface area (Å²) in [5, 5.41) is 9.50. The normalized spacial score (nSPS) is 18.8. The Morgan fingerprint density at radius 2 is 1.69 bits per heavy atom. The van der Waals surface area contributed by atoms with Gasteiger partial charge in [-0.15, -0.1) is 0 Å². The van der Waals surface area contributed by atoms with Gasteiger partial charge in [-0.25, -0.2) is 0 Å². The van der Waals surface area contributed by atoms with Gasteiger partial charge < -0.3 is 9.84 Å². The Kier molecular flexibility index (Phi) is 7.06. The number of benzene rings is 2. The average molecular weight is 354 g/mol. The molecule has 0 aromatic heterocycles. The predicted octanol–water partition coefficient (Wildman–Crippen LogP) is 3.15. The van der Waals surface area contributed by atoms with E-state index in [2.05, 4.69) is 64.4 Å². The van der Waals surface area contributed by atoms with Crippen molar-refractivity contribution in [2.24, 2.45) is 0 Å². The van der Waals surface area contributed by atoms with E-state index < -0.39 is 0 Å². The van der Waals surface area contributed by atoms with Crippen LogP contribution in [0.5, 0.6) is 5.75 Å². The number of piperazine rings is 1. The second kappa shape index (κ2) is 9.72. The molecular weight excluding hydrogens is 324 g/mol. The van der Waals surface area contributed by atoms with Crippen LogP contribution in [0.1, 0.15) is 24.5 Å². The highest BCUT2D eigenvalue weighted by Gasteiger charge is 2.26. The average Bonchev–Trinajstić information content (AvgIpc) is 2.67. The maximum absolute atomic E-state index is 9.50. The van der Waals surface area contributed by atoms with Gasteiger partial charge in [0.2, 0.25) is 0 Å². The van der Waals surface area contributed by atoms with Crippen molar-refractivity contribution < 1.29 is 9.84 Å². The van der Waals surface area contributed by atoms with Gasteiger partial charge in [-0.1, -0.05) is 42.5 Å². The molecular formula is C22H30N2O2. The van der Waals surface area contributed by atoms with E-state index in [1.54, 1.807) is 0 Å². The van der Waals surface area contributed by atoms with Gasteiger partial charge >= 0.3 is 0 Å². The molecule has 2 aromatic carbocycles. The molecule has 1 unspecified atom stereocenters. The summed E-state index contributed by atoms with van der Waals surface area (Å²) in [6.07, 6.45) is 0.826. The Labute approximate surface area is 157 Å². The van der Waals surface area contributed by atoms with Crippen LogP contribution in [0.3, 0.4) is 0 Å². The van der Waals surface area contributed by atoms with E-state index >= 15 is 0 Å². The fourth-order valence-corrected chi connectivity index (χ4v) is 3.67. The molecule has 1 saturated heterocycles. The molecule has 0 aliphatic carbocycles. The molecule has 0 saturated carbocycles. The number of aliphatic hydroxyl groups is 1. The van der Waals surface area contributed by atoms with Crippen LogP contribution in [0, 0.1) is 0 Å². The van der Waals surface area contributed by atoms with Gasteiger partial charge in [0.05, 0.1) is 6.61 Å². The summed E-state index contributed by atoms with van der Waals surface area (Å²) >= 11 is 0. The number of aliphatic hydroxyl groups excluding tert-OH is 1. The lowest BCUT2D eigenvalue weighted by atomic mass is 10.1. The summed E-state index contributed by atoms with van der Waals surface area (Å²) < 4.78 is 5.52. The fraction of sp³-hybridized carbons (Fsp3) is 0.455. The number of ether oxygens (including phenoxy) is 1. The van der Waals surface area contributed by atoms with Crippen molar-refractivity contribution in [2.75, 3.05) is 32.8 Å². The zero-order valence-corrected chi connectivity index (χ0v) is 15.7. The second-order valence-electron chi connectivity index (χ2n) is 6.93. The van der Waals surface area contributed by atoms with Crippen molar-refractivity contribution in [3.05, 3.63) is 65.7 Å². The summed E-state index contributed by atoms with van der Waals surface area (Å²) in [5.41, 5.74) is 2.66. The van der Waals surface area contributed by atoms with E-state index in [-0.39, 0.29) is 6.61 Å². The molecule has 1 aliphatic rings. The Morgan fingerprint density at radius 3 is 2.38 bits per heavy atom. The van der Waals surface area contributed by atoms with Crippen LogP contribution in [0.15, 0.2) is 54.6 Å². The van der Waals surface area contributed by atoms with Crippen molar-refractivity contribution in [1.82, 2.24) is 9.80 Å². The standard InChI is InChI=1S/C22H30N2O2/c1-2-26-22-10-8-20(9-11-22)16-23-13-14-24(21(18-23)12-15-25)17-19-6-4-3-5-7-19/h3-11,21,25H,2,12-18H2,1H3. The van der Waals surface area contributed by atoms with Crippen LogP contribution >= 0.6 is 0 Å².